The van der Waals surface area contributed by atoms with Crippen LogP contribution in [0.5, 0.6) is 0 Å². The van der Waals surface area contributed by atoms with Crippen molar-refractivity contribution in [2.45, 2.75) is 6.92 Å². The molecule has 0 bridgehead atoms. The van der Waals surface area contributed by atoms with E-state index in [0.717, 1.165) is 16.4 Å². The molecule has 0 aliphatic carbocycles. The molecule has 0 spiro atoms. The van der Waals surface area contributed by atoms with Crippen molar-refractivity contribution in [3.63, 3.8) is 0 Å². The molecule has 0 fully saturated rings. The van der Waals surface area contributed by atoms with Gasteiger partial charge in [0.25, 0.3) is 0 Å². The Morgan fingerprint density at radius 2 is 2.06 bits per heavy atom. The van der Waals surface area contributed by atoms with Crippen LogP contribution >= 0.6 is 23.2 Å². The highest BCUT2D eigenvalue weighted by atomic mass is 35.5. The van der Waals surface area contributed by atoms with E-state index >= 15 is 0 Å². The second kappa shape index (κ2) is 4.35. The first-order chi connectivity index (χ1) is 8.00. The molecule has 1 heterocycles. The number of hydrogen-bond acceptors (Lipinski definition) is 3. The molecule has 0 radical (unpaired) electrons. The molecule has 0 unspecified atom stereocenters. The maximum atomic E-state index is 10.9. The minimum Gasteiger partial charge on any atom is -0.476 e. The fourth-order valence-corrected chi connectivity index (χ4v) is 1.81. The number of aromatic nitrogens is 3. The van der Waals surface area contributed by atoms with Gasteiger partial charge in [-0.25, -0.2) is 9.48 Å². The smallest absolute Gasteiger partial charge is 0.356 e. The number of carbonyl (C=O) groups is 1. The molecule has 1 N–H and O–H groups in total. The first-order valence-electron chi connectivity index (χ1n) is 4.60. The maximum Gasteiger partial charge on any atom is 0.356 e. The summed E-state index contributed by atoms with van der Waals surface area (Å²) in [4.78, 5) is 10.9. The molecular weight excluding hydrogens is 265 g/mol. The van der Waals surface area contributed by atoms with Crippen LogP contribution in [0.2, 0.25) is 10.0 Å². The van der Waals surface area contributed by atoms with Gasteiger partial charge in [-0.2, -0.15) is 0 Å². The molecule has 1 aromatic carbocycles. The van der Waals surface area contributed by atoms with Crippen molar-refractivity contribution < 1.29 is 9.90 Å². The van der Waals surface area contributed by atoms with Crippen molar-refractivity contribution in [2.75, 3.05) is 0 Å². The van der Waals surface area contributed by atoms with E-state index in [1.54, 1.807) is 19.1 Å². The average molecular weight is 272 g/mol. The fraction of sp³-hybridized carbons (Fsp3) is 0.100. The van der Waals surface area contributed by atoms with Crippen LogP contribution in [-0.4, -0.2) is 26.1 Å². The van der Waals surface area contributed by atoms with E-state index in [0.29, 0.717) is 15.7 Å². The van der Waals surface area contributed by atoms with Gasteiger partial charge in [-0.3, -0.25) is 0 Å². The van der Waals surface area contributed by atoms with Crippen molar-refractivity contribution in [1.82, 2.24) is 15.0 Å². The third-order valence-corrected chi connectivity index (χ3v) is 2.93. The summed E-state index contributed by atoms with van der Waals surface area (Å²) in [5.41, 5.74) is 1.11. The highest BCUT2D eigenvalue weighted by Gasteiger charge is 2.16. The number of aromatic carboxylic acids is 1. The molecule has 2 aromatic rings. The van der Waals surface area contributed by atoms with E-state index in [2.05, 4.69) is 10.3 Å². The monoisotopic (exact) mass is 271 g/mol. The highest BCUT2D eigenvalue weighted by molar-refractivity contribution is 6.35. The topological polar surface area (TPSA) is 68.0 Å². The molecule has 0 atom stereocenters. The zero-order chi connectivity index (χ0) is 12.6. The average Bonchev–Trinajstić information content (AvgIpc) is 2.72. The van der Waals surface area contributed by atoms with E-state index < -0.39 is 5.97 Å². The van der Waals surface area contributed by atoms with Crippen LogP contribution in [0.3, 0.4) is 0 Å². The van der Waals surface area contributed by atoms with Crippen LogP contribution in [0.4, 0.5) is 0 Å². The number of carboxylic acid groups (broad SMARTS) is 1. The SMILES string of the molecule is Cc1cc(Cl)c(-n2nncc2C(=O)O)cc1Cl. The summed E-state index contributed by atoms with van der Waals surface area (Å²) in [6.07, 6.45) is 1.15. The summed E-state index contributed by atoms with van der Waals surface area (Å²) >= 11 is 12.0. The van der Waals surface area contributed by atoms with Gasteiger partial charge < -0.3 is 5.11 Å². The number of hydrogen-bond donors (Lipinski definition) is 1. The van der Waals surface area contributed by atoms with Gasteiger partial charge in [0.05, 0.1) is 16.9 Å². The number of halogens is 2. The zero-order valence-electron chi connectivity index (χ0n) is 8.69. The normalized spacial score (nSPS) is 10.5. The molecule has 2 rings (SSSR count). The summed E-state index contributed by atoms with van der Waals surface area (Å²) < 4.78 is 1.13. The summed E-state index contributed by atoms with van der Waals surface area (Å²) in [6.45, 7) is 1.80. The van der Waals surface area contributed by atoms with Crippen LogP contribution in [0, 0.1) is 6.92 Å². The molecule has 1 aromatic heterocycles. The largest absolute Gasteiger partial charge is 0.476 e. The molecular formula is C10H7Cl2N3O2. The summed E-state index contributed by atoms with van der Waals surface area (Å²) in [6, 6.07) is 3.20. The lowest BCUT2D eigenvalue weighted by Gasteiger charge is -2.08. The van der Waals surface area contributed by atoms with E-state index in [4.69, 9.17) is 28.3 Å². The minimum absolute atomic E-state index is 0.0770. The van der Waals surface area contributed by atoms with Gasteiger partial charge in [-0.15, -0.1) is 5.10 Å². The Bertz CT molecular complexity index is 595. The second-order valence-corrected chi connectivity index (χ2v) is 4.20. The molecule has 0 aliphatic heterocycles. The quantitative estimate of drug-likeness (QED) is 0.912. The van der Waals surface area contributed by atoms with Gasteiger partial charge in [-0.1, -0.05) is 28.4 Å². The van der Waals surface area contributed by atoms with Crippen molar-refractivity contribution >= 4 is 29.2 Å². The molecule has 0 saturated heterocycles. The van der Waals surface area contributed by atoms with E-state index in [-0.39, 0.29) is 5.69 Å². The van der Waals surface area contributed by atoms with Gasteiger partial charge in [0.1, 0.15) is 0 Å². The molecule has 0 amide bonds. The van der Waals surface area contributed by atoms with Crippen LogP contribution in [0.1, 0.15) is 16.1 Å². The number of rotatable bonds is 2. The summed E-state index contributed by atoms with van der Waals surface area (Å²) in [5, 5.41) is 17.0. The van der Waals surface area contributed by atoms with Gasteiger partial charge in [0.2, 0.25) is 0 Å². The molecule has 0 aliphatic rings. The third kappa shape index (κ3) is 2.11. The zero-order valence-corrected chi connectivity index (χ0v) is 10.2. The van der Waals surface area contributed by atoms with E-state index in [9.17, 15) is 4.79 Å². The Kier molecular flexibility index (Phi) is 3.04. The summed E-state index contributed by atoms with van der Waals surface area (Å²) in [5.74, 6) is -1.14. The number of carboxylic acids is 1. The van der Waals surface area contributed by atoms with Crippen molar-refractivity contribution in [2.24, 2.45) is 0 Å². The molecule has 0 saturated carbocycles. The lowest BCUT2D eigenvalue weighted by Crippen LogP contribution is -2.08. The van der Waals surface area contributed by atoms with E-state index in [1.165, 1.54) is 0 Å². The molecule has 7 heteroatoms. The van der Waals surface area contributed by atoms with Gasteiger partial charge in [0, 0.05) is 5.02 Å². The van der Waals surface area contributed by atoms with Crippen molar-refractivity contribution in [3.8, 4) is 5.69 Å². The Morgan fingerprint density at radius 3 is 2.71 bits per heavy atom. The van der Waals surface area contributed by atoms with Gasteiger partial charge in [0.15, 0.2) is 5.69 Å². The first-order valence-corrected chi connectivity index (χ1v) is 5.36. The third-order valence-electron chi connectivity index (χ3n) is 2.22. The van der Waals surface area contributed by atoms with Crippen molar-refractivity contribution in [3.05, 3.63) is 39.6 Å². The van der Waals surface area contributed by atoms with Crippen LogP contribution < -0.4 is 0 Å². The van der Waals surface area contributed by atoms with E-state index in [1.807, 2.05) is 0 Å². The standard InChI is InChI=1S/C10H7Cl2N3O2/c1-5-2-7(12)8(3-6(5)11)15-9(10(16)17)4-13-14-15/h2-4H,1H3,(H,16,17). The highest BCUT2D eigenvalue weighted by Crippen LogP contribution is 2.27. The van der Waals surface area contributed by atoms with Gasteiger partial charge >= 0.3 is 5.97 Å². The second-order valence-electron chi connectivity index (χ2n) is 3.39. The lowest BCUT2D eigenvalue weighted by atomic mass is 10.2. The predicted molar refractivity (Wildman–Crippen MR) is 63.1 cm³/mol. The Morgan fingerprint density at radius 1 is 1.35 bits per heavy atom. The minimum atomic E-state index is -1.14. The predicted octanol–water partition coefficient (Wildman–Crippen LogP) is 2.58. The van der Waals surface area contributed by atoms with Crippen LogP contribution in [0.25, 0.3) is 5.69 Å². The number of aryl methyl sites for hydroxylation is 1. The lowest BCUT2D eigenvalue weighted by molar-refractivity contribution is 0.0687. The Hall–Kier alpha value is -1.59. The molecule has 5 nitrogen and oxygen atoms in total. The van der Waals surface area contributed by atoms with Crippen LogP contribution in [-0.2, 0) is 0 Å². The first kappa shape index (κ1) is 11.9. The van der Waals surface area contributed by atoms with Crippen LogP contribution in [0.15, 0.2) is 18.3 Å². The molecule has 17 heavy (non-hydrogen) atoms. The number of nitrogens with zero attached hydrogens (tertiary/aromatic N) is 3. The van der Waals surface area contributed by atoms with Crippen molar-refractivity contribution in [1.29, 1.82) is 0 Å². The molecule has 88 valence electrons. The number of benzene rings is 1. The van der Waals surface area contributed by atoms with Gasteiger partial charge in [-0.05, 0) is 24.6 Å². The fourth-order valence-electron chi connectivity index (χ4n) is 1.36. The maximum absolute atomic E-state index is 10.9. The summed E-state index contributed by atoms with van der Waals surface area (Å²) in [7, 11) is 0. The Balaban J connectivity index is 2.64. The Labute approximate surface area is 107 Å².